The van der Waals surface area contributed by atoms with Gasteiger partial charge in [-0.15, -0.1) is 0 Å². The lowest BCUT2D eigenvalue weighted by molar-refractivity contribution is 0.102. The summed E-state index contributed by atoms with van der Waals surface area (Å²) in [5, 5.41) is 2.77. The summed E-state index contributed by atoms with van der Waals surface area (Å²) < 4.78 is 27.2. The molecule has 0 aliphatic carbocycles. The fourth-order valence-electron chi connectivity index (χ4n) is 2.65. The van der Waals surface area contributed by atoms with Crippen molar-refractivity contribution < 1.29 is 13.2 Å². The van der Waals surface area contributed by atoms with Gasteiger partial charge < -0.3 is 10.2 Å². The standard InChI is InChI=1S/C20H28N4O3S/c1-6-24(7-2)18-13-10-16(14-21-18)22-19(25)15-8-11-17(12-9-15)28(26,27)23-20(3,4)5/h8-14,23H,6-7H2,1-5H3,(H,22,25). The van der Waals surface area contributed by atoms with Crippen LogP contribution in [0.4, 0.5) is 11.5 Å². The zero-order valence-electron chi connectivity index (χ0n) is 17.0. The summed E-state index contributed by atoms with van der Waals surface area (Å²) in [5.41, 5.74) is 0.355. The smallest absolute Gasteiger partial charge is 0.255 e. The highest BCUT2D eigenvalue weighted by Crippen LogP contribution is 2.17. The van der Waals surface area contributed by atoms with Crippen molar-refractivity contribution in [3.8, 4) is 0 Å². The van der Waals surface area contributed by atoms with Crippen LogP contribution in [0.5, 0.6) is 0 Å². The van der Waals surface area contributed by atoms with Gasteiger partial charge in [-0.05, 0) is 71.0 Å². The van der Waals surface area contributed by atoms with E-state index in [2.05, 4.69) is 33.8 Å². The number of nitrogens with one attached hydrogen (secondary N) is 2. The normalized spacial score (nSPS) is 11.9. The molecule has 152 valence electrons. The Balaban J connectivity index is 2.09. The Morgan fingerprint density at radius 1 is 1.04 bits per heavy atom. The van der Waals surface area contributed by atoms with Crippen LogP contribution >= 0.6 is 0 Å². The van der Waals surface area contributed by atoms with E-state index in [9.17, 15) is 13.2 Å². The van der Waals surface area contributed by atoms with Crippen molar-refractivity contribution in [2.45, 2.75) is 45.1 Å². The molecule has 0 radical (unpaired) electrons. The summed E-state index contributed by atoms with van der Waals surface area (Å²) in [7, 11) is -3.63. The highest BCUT2D eigenvalue weighted by molar-refractivity contribution is 7.89. The van der Waals surface area contributed by atoms with Gasteiger partial charge in [-0.25, -0.2) is 18.1 Å². The zero-order valence-corrected chi connectivity index (χ0v) is 17.8. The average molecular weight is 405 g/mol. The van der Waals surface area contributed by atoms with Crippen LogP contribution in [-0.4, -0.2) is 37.9 Å². The first-order valence-corrected chi connectivity index (χ1v) is 10.7. The number of pyridine rings is 1. The van der Waals surface area contributed by atoms with Gasteiger partial charge in [0.05, 0.1) is 16.8 Å². The highest BCUT2D eigenvalue weighted by atomic mass is 32.2. The third-order valence-electron chi connectivity index (χ3n) is 3.96. The summed E-state index contributed by atoms with van der Waals surface area (Å²) in [5.74, 6) is 0.522. The maximum absolute atomic E-state index is 12.4. The monoisotopic (exact) mass is 404 g/mol. The second-order valence-corrected chi connectivity index (χ2v) is 9.09. The Morgan fingerprint density at radius 2 is 1.64 bits per heavy atom. The van der Waals surface area contributed by atoms with E-state index >= 15 is 0 Å². The predicted molar refractivity (Wildman–Crippen MR) is 112 cm³/mol. The maximum atomic E-state index is 12.4. The fourth-order valence-corrected chi connectivity index (χ4v) is 4.06. The molecule has 7 nitrogen and oxygen atoms in total. The molecular weight excluding hydrogens is 376 g/mol. The Morgan fingerprint density at radius 3 is 2.11 bits per heavy atom. The Hall–Kier alpha value is -2.45. The van der Waals surface area contributed by atoms with Gasteiger partial charge in [-0.1, -0.05) is 0 Å². The van der Waals surface area contributed by atoms with Crippen molar-refractivity contribution >= 4 is 27.4 Å². The molecule has 0 atom stereocenters. The molecule has 28 heavy (non-hydrogen) atoms. The molecule has 0 bridgehead atoms. The lowest BCUT2D eigenvalue weighted by Crippen LogP contribution is -2.40. The number of amides is 1. The van der Waals surface area contributed by atoms with Crippen LogP contribution in [0.3, 0.4) is 0 Å². The summed E-state index contributed by atoms with van der Waals surface area (Å²) in [6.07, 6.45) is 1.61. The van der Waals surface area contributed by atoms with Crippen molar-refractivity contribution in [3.05, 3.63) is 48.2 Å². The van der Waals surface area contributed by atoms with E-state index in [1.165, 1.54) is 24.3 Å². The molecule has 1 aromatic heterocycles. The minimum atomic E-state index is -3.63. The molecule has 0 aliphatic heterocycles. The topological polar surface area (TPSA) is 91.4 Å². The molecule has 1 amide bonds. The number of sulfonamides is 1. The molecule has 1 aromatic carbocycles. The SMILES string of the molecule is CCN(CC)c1ccc(NC(=O)c2ccc(S(=O)(=O)NC(C)(C)C)cc2)cn1. The van der Waals surface area contributed by atoms with Crippen LogP contribution in [0.25, 0.3) is 0 Å². The Kier molecular flexibility index (Phi) is 6.79. The predicted octanol–water partition coefficient (Wildman–Crippen LogP) is 3.26. The fraction of sp³-hybridized carbons (Fsp3) is 0.400. The molecule has 0 saturated carbocycles. The average Bonchev–Trinajstić information content (AvgIpc) is 2.62. The first-order chi connectivity index (χ1) is 13.1. The third-order valence-corrected chi connectivity index (χ3v) is 5.73. The Bertz CT molecular complexity index is 898. The summed E-state index contributed by atoms with van der Waals surface area (Å²) in [4.78, 5) is 19.0. The van der Waals surface area contributed by atoms with E-state index in [1.54, 1.807) is 33.0 Å². The molecule has 0 aliphatic rings. The van der Waals surface area contributed by atoms with Gasteiger partial charge in [-0.3, -0.25) is 4.79 Å². The zero-order chi connectivity index (χ0) is 20.9. The molecule has 0 fully saturated rings. The number of hydrogen-bond acceptors (Lipinski definition) is 5. The van der Waals surface area contributed by atoms with Gasteiger partial charge in [0.15, 0.2) is 0 Å². The summed E-state index contributed by atoms with van der Waals surface area (Å²) >= 11 is 0. The number of nitrogens with zero attached hydrogens (tertiary/aromatic N) is 2. The number of carbonyl (C=O) groups excluding carboxylic acids is 1. The second-order valence-electron chi connectivity index (χ2n) is 7.41. The van der Waals surface area contributed by atoms with Gasteiger partial charge in [0, 0.05) is 24.2 Å². The van der Waals surface area contributed by atoms with Crippen LogP contribution in [0, 0.1) is 0 Å². The first-order valence-electron chi connectivity index (χ1n) is 9.22. The minimum absolute atomic E-state index is 0.115. The molecule has 1 heterocycles. The second kappa shape index (κ2) is 8.70. The lowest BCUT2D eigenvalue weighted by Gasteiger charge is -2.20. The molecule has 0 spiro atoms. The largest absolute Gasteiger partial charge is 0.357 e. The summed E-state index contributed by atoms with van der Waals surface area (Å²) in [6.45, 7) is 11.1. The lowest BCUT2D eigenvalue weighted by atomic mass is 10.1. The van der Waals surface area contributed by atoms with E-state index in [4.69, 9.17) is 0 Å². The van der Waals surface area contributed by atoms with E-state index in [1.807, 2.05) is 6.07 Å². The van der Waals surface area contributed by atoms with Crippen LogP contribution in [0.2, 0.25) is 0 Å². The molecule has 2 N–H and O–H groups in total. The molecule has 0 saturated heterocycles. The van der Waals surface area contributed by atoms with E-state index in [0.29, 0.717) is 11.3 Å². The number of hydrogen-bond donors (Lipinski definition) is 2. The number of carbonyl (C=O) groups is 1. The third kappa shape index (κ3) is 5.77. The van der Waals surface area contributed by atoms with Gasteiger partial charge in [0.2, 0.25) is 10.0 Å². The van der Waals surface area contributed by atoms with Crippen molar-refractivity contribution in [1.82, 2.24) is 9.71 Å². The van der Waals surface area contributed by atoms with E-state index in [0.717, 1.165) is 18.9 Å². The quantitative estimate of drug-likeness (QED) is 0.739. The highest BCUT2D eigenvalue weighted by Gasteiger charge is 2.22. The van der Waals surface area contributed by atoms with Gasteiger partial charge in [-0.2, -0.15) is 0 Å². The van der Waals surface area contributed by atoms with Crippen molar-refractivity contribution in [2.75, 3.05) is 23.3 Å². The Labute approximate surface area is 167 Å². The number of anilines is 2. The van der Waals surface area contributed by atoms with Crippen LogP contribution in [-0.2, 0) is 10.0 Å². The van der Waals surface area contributed by atoms with Crippen LogP contribution < -0.4 is 14.9 Å². The van der Waals surface area contributed by atoms with Crippen LogP contribution in [0.15, 0.2) is 47.5 Å². The minimum Gasteiger partial charge on any atom is -0.357 e. The van der Waals surface area contributed by atoms with Crippen molar-refractivity contribution in [3.63, 3.8) is 0 Å². The van der Waals surface area contributed by atoms with Gasteiger partial charge in [0.1, 0.15) is 5.82 Å². The molecule has 0 unspecified atom stereocenters. The van der Waals surface area contributed by atoms with E-state index in [-0.39, 0.29) is 10.8 Å². The molecule has 2 aromatic rings. The van der Waals surface area contributed by atoms with Gasteiger partial charge >= 0.3 is 0 Å². The van der Waals surface area contributed by atoms with Crippen molar-refractivity contribution in [2.24, 2.45) is 0 Å². The number of benzene rings is 1. The summed E-state index contributed by atoms with van der Waals surface area (Å²) in [6, 6.07) is 9.48. The van der Waals surface area contributed by atoms with Gasteiger partial charge in [0.25, 0.3) is 5.91 Å². The number of rotatable bonds is 7. The van der Waals surface area contributed by atoms with Crippen LogP contribution in [0.1, 0.15) is 45.0 Å². The van der Waals surface area contributed by atoms with E-state index < -0.39 is 15.6 Å². The molecular formula is C20H28N4O3S. The first kappa shape index (κ1) is 21.8. The molecule has 2 rings (SSSR count). The maximum Gasteiger partial charge on any atom is 0.255 e. The van der Waals surface area contributed by atoms with Crippen molar-refractivity contribution in [1.29, 1.82) is 0 Å². The number of aromatic nitrogens is 1. The molecule has 8 heteroatoms.